The van der Waals surface area contributed by atoms with E-state index in [1.807, 2.05) is 12.1 Å². The molecule has 136 valence electrons. The first-order valence-corrected chi connectivity index (χ1v) is 8.43. The van der Waals surface area contributed by atoms with E-state index in [1.54, 1.807) is 38.5 Å². The van der Waals surface area contributed by atoms with Crippen molar-refractivity contribution in [2.45, 2.75) is 12.6 Å². The van der Waals surface area contributed by atoms with E-state index >= 15 is 0 Å². The van der Waals surface area contributed by atoms with Crippen LogP contribution in [0.3, 0.4) is 0 Å². The Labute approximate surface area is 153 Å². The Balaban J connectivity index is 1.65. The molecule has 1 heterocycles. The van der Waals surface area contributed by atoms with E-state index < -0.39 is 6.10 Å². The summed E-state index contributed by atoms with van der Waals surface area (Å²) in [5, 5.41) is 19.4. The topological polar surface area (TPSA) is 75.0 Å². The number of aliphatic hydroxyl groups excluding tert-OH is 1. The number of rotatable bonds is 6. The highest BCUT2D eigenvalue weighted by molar-refractivity contribution is 5.51. The molecule has 0 fully saturated rings. The van der Waals surface area contributed by atoms with Crippen LogP contribution >= 0.6 is 0 Å². The zero-order chi connectivity index (χ0) is 18.5. The van der Waals surface area contributed by atoms with Crippen LogP contribution in [0.1, 0.15) is 22.8 Å². The smallest absolute Gasteiger partial charge is 0.125 e. The van der Waals surface area contributed by atoms with Crippen LogP contribution in [0.25, 0.3) is 0 Å². The summed E-state index contributed by atoms with van der Waals surface area (Å²) in [6.07, 6.45) is -0.640. The largest absolute Gasteiger partial charge is 0.496 e. The summed E-state index contributed by atoms with van der Waals surface area (Å²) in [6.45, 7) is 2.31. The molecule has 0 aliphatic carbocycles. The monoisotopic (exact) mass is 354 g/mol. The summed E-state index contributed by atoms with van der Waals surface area (Å²) >= 11 is 0. The molecule has 2 aromatic carbocycles. The summed E-state index contributed by atoms with van der Waals surface area (Å²) in [4.78, 5) is 2.12. The third kappa shape index (κ3) is 3.74. The summed E-state index contributed by atoms with van der Waals surface area (Å²) in [5.74, 6) is 2.15. The fourth-order valence-corrected chi connectivity index (χ4v) is 3.23. The van der Waals surface area contributed by atoms with Crippen molar-refractivity contribution in [3.8, 4) is 23.3 Å². The molecule has 0 saturated heterocycles. The summed E-state index contributed by atoms with van der Waals surface area (Å²) in [5.41, 5.74) is 2.36. The molecule has 1 aliphatic rings. The van der Waals surface area contributed by atoms with Crippen LogP contribution in [0.5, 0.6) is 17.2 Å². The maximum absolute atomic E-state index is 10.6. The van der Waals surface area contributed by atoms with Gasteiger partial charge in [0, 0.05) is 30.8 Å². The van der Waals surface area contributed by atoms with E-state index in [9.17, 15) is 5.11 Å². The fourth-order valence-electron chi connectivity index (χ4n) is 3.23. The Morgan fingerprint density at radius 2 is 1.81 bits per heavy atom. The SMILES string of the molecule is COc1ccc(OC)c2c1CN(CCOc1ccc(C#N)cc1)C[C@@H]2O. The molecule has 0 bridgehead atoms. The number of β-amino-alcohol motifs (C(OH)–C–C–N with tert-alkyl or cyclic N) is 1. The van der Waals surface area contributed by atoms with E-state index in [2.05, 4.69) is 11.0 Å². The van der Waals surface area contributed by atoms with Crippen LogP contribution in [0.4, 0.5) is 0 Å². The van der Waals surface area contributed by atoms with Gasteiger partial charge in [0.2, 0.25) is 0 Å². The minimum Gasteiger partial charge on any atom is -0.496 e. The molecule has 0 aromatic heterocycles. The number of nitrogens with zero attached hydrogens (tertiary/aromatic N) is 2. The molecule has 26 heavy (non-hydrogen) atoms. The standard InChI is InChI=1S/C20H22N2O4/c1-24-18-7-8-19(25-2)20-16(18)12-22(13-17(20)23)9-10-26-15-5-3-14(11-21)4-6-15/h3-8,17,23H,9-10,12-13H2,1-2H3/t17-/m0/s1. The lowest BCUT2D eigenvalue weighted by molar-refractivity contribution is 0.0795. The fraction of sp³-hybridized carbons (Fsp3) is 0.350. The van der Waals surface area contributed by atoms with Crippen molar-refractivity contribution in [1.29, 1.82) is 5.26 Å². The van der Waals surface area contributed by atoms with Gasteiger partial charge < -0.3 is 19.3 Å². The number of hydrogen-bond acceptors (Lipinski definition) is 6. The average molecular weight is 354 g/mol. The minimum absolute atomic E-state index is 0.486. The van der Waals surface area contributed by atoms with Gasteiger partial charge in [-0.1, -0.05) is 0 Å². The third-order valence-corrected chi connectivity index (χ3v) is 4.52. The number of aliphatic hydroxyl groups is 1. The normalized spacial score (nSPS) is 16.5. The van der Waals surface area contributed by atoms with Gasteiger partial charge in [-0.25, -0.2) is 0 Å². The lowest BCUT2D eigenvalue weighted by Gasteiger charge is -2.33. The second kappa shape index (κ2) is 8.09. The number of fused-ring (bicyclic) bond motifs is 1. The molecular weight excluding hydrogens is 332 g/mol. The van der Waals surface area contributed by atoms with Crippen molar-refractivity contribution in [2.75, 3.05) is 33.9 Å². The zero-order valence-corrected chi connectivity index (χ0v) is 14.9. The number of nitriles is 1. The van der Waals surface area contributed by atoms with Gasteiger partial charge in [0.1, 0.15) is 23.9 Å². The lowest BCUT2D eigenvalue weighted by Crippen LogP contribution is -2.36. The van der Waals surface area contributed by atoms with E-state index in [0.717, 1.165) is 22.6 Å². The molecule has 6 nitrogen and oxygen atoms in total. The molecule has 6 heteroatoms. The highest BCUT2D eigenvalue weighted by Gasteiger charge is 2.29. The predicted octanol–water partition coefficient (Wildman–Crippen LogP) is 2.50. The van der Waals surface area contributed by atoms with Gasteiger partial charge in [0.05, 0.1) is 32.0 Å². The Morgan fingerprint density at radius 3 is 2.46 bits per heavy atom. The Bertz CT molecular complexity index is 799. The molecule has 1 N–H and O–H groups in total. The average Bonchev–Trinajstić information content (AvgIpc) is 2.67. The van der Waals surface area contributed by atoms with E-state index in [1.165, 1.54) is 0 Å². The first kappa shape index (κ1) is 18.1. The van der Waals surface area contributed by atoms with Gasteiger partial charge in [-0.15, -0.1) is 0 Å². The van der Waals surface area contributed by atoms with Gasteiger partial charge in [-0.2, -0.15) is 5.26 Å². The Kier molecular flexibility index (Phi) is 5.61. The molecule has 1 aliphatic heterocycles. The quantitative estimate of drug-likeness (QED) is 0.859. The molecule has 2 aromatic rings. The molecule has 0 unspecified atom stereocenters. The van der Waals surface area contributed by atoms with E-state index in [0.29, 0.717) is 37.6 Å². The van der Waals surface area contributed by atoms with Gasteiger partial charge in [-0.3, -0.25) is 4.90 Å². The van der Waals surface area contributed by atoms with Crippen LogP contribution in [0.15, 0.2) is 36.4 Å². The van der Waals surface area contributed by atoms with Crippen molar-refractivity contribution in [3.63, 3.8) is 0 Å². The highest BCUT2D eigenvalue weighted by atomic mass is 16.5. The van der Waals surface area contributed by atoms with Crippen LogP contribution in [0.2, 0.25) is 0 Å². The molecule has 0 spiro atoms. The van der Waals surface area contributed by atoms with Crippen LogP contribution in [-0.4, -0.2) is 43.9 Å². The minimum atomic E-state index is -0.640. The molecule has 0 radical (unpaired) electrons. The molecule has 0 saturated carbocycles. The van der Waals surface area contributed by atoms with Crippen molar-refractivity contribution in [1.82, 2.24) is 4.90 Å². The Morgan fingerprint density at radius 1 is 1.12 bits per heavy atom. The van der Waals surface area contributed by atoms with Gasteiger partial charge >= 0.3 is 0 Å². The first-order valence-electron chi connectivity index (χ1n) is 8.43. The van der Waals surface area contributed by atoms with Crippen molar-refractivity contribution < 1.29 is 19.3 Å². The van der Waals surface area contributed by atoms with E-state index in [-0.39, 0.29) is 0 Å². The maximum Gasteiger partial charge on any atom is 0.125 e. The summed E-state index contributed by atoms with van der Waals surface area (Å²) < 4.78 is 16.6. The number of hydrogen-bond donors (Lipinski definition) is 1. The third-order valence-electron chi connectivity index (χ3n) is 4.52. The molecule has 3 rings (SSSR count). The van der Waals surface area contributed by atoms with Crippen molar-refractivity contribution in [2.24, 2.45) is 0 Å². The van der Waals surface area contributed by atoms with Crippen molar-refractivity contribution >= 4 is 0 Å². The second-order valence-corrected chi connectivity index (χ2v) is 6.10. The number of methoxy groups -OCH3 is 2. The number of benzene rings is 2. The zero-order valence-electron chi connectivity index (χ0n) is 14.9. The maximum atomic E-state index is 10.6. The summed E-state index contributed by atoms with van der Waals surface area (Å²) in [6, 6.07) is 12.8. The van der Waals surface area contributed by atoms with Crippen LogP contribution in [0, 0.1) is 11.3 Å². The first-order chi connectivity index (χ1) is 12.7. The molecular formula is C20H22N2O4. The van der Waals surface area contributed by atoms with E-state index in [4.69, 9.17) is 19.5 Å². The number of ether oxygens (including phenoxy) is 3. The van der Waals surface area contributed by atoms with Crippen LogP contribution in [-0.2, 0) is 6.54 Å². The molecule has 1 atom stereocenters. The summed E-state index contributed by atoms with van der Waals surface area (Å²) in [7, 11) is 3.23. The Hall–Kier alpha value is -2.75. The second-order valence-electron chi connectivity index (χ2n) is 6.10. The lowest BCUT2D eigenvalue weighted by atomic mass is 9.95. The van der Waals surface area contributed by atoms with Crippen molar-refractivity contribution in [3.05, 3.63) is 53.1 Å². The predicted molar refractivity (Wildman–Crippen MR) is 96.4 cm³/mol. The highest BCUT2D eigenvalue weighted by Crippen LogP contribution is 2.39. The van der Waals surface area contributed by atoms with Crippen LogP contribution < -0.4 is 14.2 Å². The van der Waals surface area contributed by atoms with Gasteiger partial charge in [0.25, 0.3) is 0 Å². The molecule has 0 amide bonds. The van der Waals surface area contributed by atoms with Gasteiger partial charge in [0.15, 0.2) is 0 Å². The van der Waals surface area contributed by atoms with Gasteiger partial charge in [-0.05, 0) is 36.4 Å².